The summed E-state index contributed by atoms with van der Waals surface area (Å²) in [6, 6.07) is 6.49. The van der Waals surface area contributed by atoms with Gasteiger partial charge in [-0.3, -0.25) is 4.79 Å². The number of benzene rings is 1. The van der Waals surface area contributed by atoms with E-state index in [0.717, 1.165) is 38.8 Å². The molecule has 0 aromatic heterocycles. The van der Waals surface area contributed by atoms with Crippen molar-refractivity contribution in [3.05, 3.63) is 29.8 Å². The monoisotopic (exact) mass is 351 g/mol. The van der Waals surface area contributed by atoms with Crippen molar-refractivity contribution in [1.29, 1.82) is 0 Å². The Bertz CT molecular complexity index is 676. The Balaban J connectivity index is 1.81. The molecule has 1 aromatic carbocycles. The van der Waals surface area contributed by atoms with E-state index in [1.165, 1.54) is 10.4 Å². The van der Waals surface area contributed by atoms with Crippen LogP contribution >= 0.6 is 0 Å². The van der Waals surface area contributed by atoms with Crippen LogP contribution in [0.5, 0.6) is 0 Å². The van der Waals surface area contributed by atoms with Crippen LogP contribution < -0.4 is 5.32 Å². The van der Waals surface area contributed by atoms with E-state index in [0.29, 0.717) is 31.7 Å². The van der Waals surface area contributed by atoms with Crippen LogP contribution in [0.15, 0.2) is 29.2 Å². The minimum Gasteiger partial charge on any atom is -0.337 e. The van der Waals surface area contributed by atoms with Crippen LogP contribution in [-0.2, 0) is 10.0 Å². The SMILES string of the molecule is O=C(c1cccc(S(=O)(=O)N2CCCCC2)c1)N1CCCNCC1. The summed E-state index contributed by atoms with van der Waals surface area (Å²) in [7, 11) is -3.51. The third kappa shape index (κ3) is 3.79. The Morgan fingerprint density at radius 1 is 0.958 bits per heavy atom. The first kappa shape index (κ1) is 17.4. The zero-order valence-electron chi connectivity index (χ0n) is 13.9. The van der Waals surface area contributed by atoms with Gasteiger partial charge < -0.3 is 10.2 Å². The summed E-state index contributed by atoms with van der Waals surface area (Å²) in [6.45, 7) is 4.18. The maximum Gasteiger partial charge on any atom is 0.253 e. The fourth-order valence-electron chi connectivity index (χ4n) is 3.28. The van der Waals surface area contributed by atoms with E-state index >= 15 is 0 Å². The maximum absolute atomic E-state index is 12.8. The molecule has 0 aliphatic carbocycles. The summed E-state index contributed by atoms with van der Waals surface area (Å²) < 4.78 is 27.1. The third-order valence-electron chi connectivity index (χ3n) is 4.66. The lowest BCUT2D eigenvalue weighted by molar-refractivity contribution is 0.0766. The van der Waals surface area contributed by atoms with E-state index in [1.807, 2.05) is 0 Å². The fraction of sp³-hybridized carbons (Fsp3) is 0.588. The van der Waals surface area contributed by atoms with Crippen molar-refractivity contribution in [2.75, 3.05) is 39.3 Å². The van der Waals surface area contributed by atoms with Gasteiger partial charge in [0.15, 0.2) is 0 Å². The van der Waals surface area contributed by atoms with Crippen molar-refractivity contribution in [1.82, 2.24) is 14.5 Å². The summed E-state index contributed by atoms with van der Waals surface area (Å²) in [5, 5.41) is 3.27. The molecule has 2 fully saturated rings. The zero-order valence-corrected chi connectivity index (χ0v) is 14.7. The van der Waals surface area contributed by atoms with Gasteiger partial charge >= 0.3 is 0 Å². The second kappa shape index (κ2) is 7.63. The number of nitrogens with zero attached hydrogens (tertiary/aromatic N) is 2. The van der Waals surface area contributed by atoms with Crippen LogP contribution in [0.25, 0.3) is 0 Å². The predicted molar refractivity (Wildman–Crippen MR) is 92.4 cm³/mol. The molecule has 0 atom stereocenters. The minimum atomic E-state index is -3.51. The number of nitrogens with one attached hydrogen (secondary N) is 1. The molecule has 7 heteroatoms. The molecule has 1 N–H and O–H groups in total. The Hall–Kier alpha value is -1.44. The highest BCUT2D eigenvalue weighted by molar-refractivity contribution is 7.89. The Morgan fingerprint density at radius 3 is 2.54 bits per heavy atom. The lowest BCUT2D eigenvalue weighted by Crippen LogP contribution is -2.36. The van der Waals surface area contributed by atoms with E-state index in [1.54, 1.807) is 23.1 Å². The van der Waals surface area contributed by atoms with Gasteiger partial charge in [0.05, 0.1) is 4.90 Å². The first-order valence-electron chi connectivity index (χ1n) is 8.69. The van der Waals surface area contributed by atoms with Crippen molar-refractivity contribution >= 4 is 15.9 Å². The predicted octanol–water partition coefficient (Wildman–Crippen LogP) is 1.30. The molecular weight excluding hydrogens is 326 g/mol. The number of hydrogen-bond acceptors (Lipinski definition) is 4. The molecule has 6 nitrogen and oxygen atoms in total. The largest absolute Gasteiger partial charge is 0.337 e. The molecule has 132 valence electrons. The quantitative estimate of drug-likeness (QED) is 0.891. The minimum absolute atomic E-state index is 0.0885. The molecule has 2 saturated heterocycles. The lowest BCUT2D eigenvalue weighted by atomic mass is 10.2. The summed E-state index contributed by atoms with van der Waals surface area (Å²) in [4.78, 5) is 14.7. The van der Waals surface area contributed by atoms with Crippen LogP contribution in [0.2, 0.25) is 0 Å². The van der Waals surface area contributed by atoms with Crippen molar-refractivity contribution < 1.29 is 13.2 Å². The van der Waals surface area contributed by atoms with Gasteiger partial charge in [-0.25, -0.2) is 8.42 Å². The summed E-state index contributed by atoms with van der Waals surface area (Å²) in [6.07, 6.45) is 3.79. The van der Waals surface area contributed by atoms with Crippen LogP contribution in [0, 0.1) is 0 Å². The highest BCUT2D eigenvalue weighted by atomic mass is 32.2. The van der Waals surface area contributed by atoms with Crippen molar-refractivity contribution in [3.8, 4) is 0 Å². The normalized spacial score (nSPS) is 20.6. The Labute approximate surface area is 143 Å². The number of sulfonamides is 1. The molecule has 3 rings (SSSR count). The summed E-state index contributed by atoms with van der Waals surface area (Å²) in [5.74, 6) is -0.0885. The average molecular weight is 351 g/mol. The first-order valence-corrected chi connectivity index (χ1v) is 10.1. The lowest BCUT2D eigenvalue weighted by Gasteiger charge is -2.26. The highest BCUT2D eigenvalue weighted by Gasteiger charge is 2.27. The highest BCUT2D eigenvalue weighted by Crippen LogP contribution is 2.22. The third-order valence-corrected chi connectivity index (χ3v) is 6.56. The van der Waals surface area contributed by atoms with Gasteiger partial charge in [-0.05, 0) is 44.0 Å². The van der Waals surface area contributed by atoms with Crippen molar-refractivity contribution in [2.45, 2.75) is 30.6 Å². The van der Waals surface area contributed by atoms with Crippen LogP contribution in [0.3, 0.4) is 0 Å². The number of hydrogen-bond donors (Lipinski definition) is 1. The van der Waals surface area contributed by atoms with Gasteiger partial charge in [-0.1, -0.05) is 12.5 Å². The van der Waals surface area contributed by atoms with Gasteiger partial charge in [-0.2, -0.15) is 4.31 Å². The van der Waals surface area contributed by atoms with Gasteiger partial charge in [0.25, 0.3) is 5.91 Å². The second-order valence-corrected chi connectivity index (χ2v) is 8.33. The molecule has 2 heterocycles. The molecule has 0 unspecified atom stereocenters. The van der Waals surface area contributed by atoms with Gasteiger partial charge in [0.1, 0.15) is 0 Å². The molecule has 0 spiro atoms. The van der Waals surface area contributed by atoms with E-state index in [4.69, 9.17) is 0 Å². The van der Waals surface area contributed by atoms with Gasteiger partial charge in [-0.15, -0.1) is 0 Å². The zero-order chi connectivity index (χ0) is 17.0. The van der Waals surface area contributed by atoms with Gasteiger partial charge in [0.2, 0.25) is 10.0 Å². The van der Waals surface area contributed by atoms with Crippen LogP contribution in [0.4, 0.5) is 0 Å². The molecule has 0 saturated carbocycles. The van der Waals surface area contributed by atoms with E-state index in [-0.39, 0.29) is 10.8 Å². The molecular formula is C17H25N3O3S. The standard InChI is InChI=1S/C17H25N3O3S/c21-17(19-10-5-8-18-9-13-19)15-6-4-7-16(14-15)24(22,23)20-11-2-1-3-12-20/h4,6-7,14,18H,1-3,5,8-13H2. The summed E-state index contributed by atoms with van der Waals surface area (Å²) in [5.41, 5.74) is 0.454. The second-order valence-electron chi connectivity index (χ2n) is 6.39. The van der Waals surface area contributed by atoms with Gasteiger partial charge in [0, 0.05) is 38.3 Å². The van der Waals surface area contributed by atoms with Crippen LogP contribution in [-0.4, -0.2) is 62.8 Å². The number of amides is 1. The van der Waals surface area contributed by atoms with Crippen molar-refractivity contribution in [2.24, 2.45) is 0 Å². The molecule has 0 bridgehead atoms. The average Bonchev–Trinajstić information content (AvgIpc) is 2.91. The first-order chi connectivity index (χ1) is 11.6. The maximum atomic E-state index is 12.8. The number of carbonyl (C=O) groups excluding carboxylic acids is 1. The molecule has 1 amide bonds. The smallest absolute Gasteiger partial charge is 0.253 e. The molecule has 0 radical (unpaired) electrons. The van der Waals surface area contributed by atoms with E-state index in [9.17, 15) is 13.2 Å². The summed E-state index contributed by atoms with van der Waals surface area (Å²) >= 11 is 0. The molecule has 2 aliphatic rings. The Kier molecular flexibility index (Phi) is 5.53. The van der Waals surface area contributed by atoms with E-state index in [2.05, 4.69) is 5.32 Å². The van der Waals surface area contributed by atoms with Crippen molar-refractivity contribution in [3.63, 3.8) is 0 Å². The Morgan fingerprint density at radius 2 is 1.75 bits per heavy atom. The van der Waals surface area contributed by atoms with E-state index < -0.39 is 10.0 Å². The topological polar surface area (TPSA) is 69.7 Å². The molecule has 1 aromatic rings. The fourth-order valence-corrected chi connectivity index (χ4v) is 4.84. The number of rotatable bonds is 3. The van der Waals surface area contributed by atoms with Crippen LogP contribution in [0.1, 0.15) is 36.0 Å². The number of piperidine rings is 1. The number of carbonyl (C=O) groups is 1. The molecule has 24 heavy (non-hydrogen) atoms. The molecule has 2 aliphatic heterocycles.